The van der Waals surface area contributed by atoms with E-state index in [9.17, 15) is 8.42 Å². The maximum absolute atomic E-state index is 12.0. The highest BCUT2D eigenvalue weighted by atomic mass is 35.5. The van der Waals surface area contributed by atoms with Gasteiger partial charge in [0.05, 0.1) is 11.0 Å². The molecule has 1 N–H and O–H groups in total. The van der Waals surface area contributed by atoms with E-state index < -0.39 is 9.84 Å². The van der Waals surface area contributed by atoms with Crippen LogP contribution in [0.3, 0.4) is 0 Å². The fraction of sp³-hybridized carbons (Fsp3) is 0.625. The number of nitrogens with one attached hydrogen (secondary N) is 1. The van der Waals surface area contributed by atoms with Crippen molar-refractivity contribution < 1.29 is 8.42 Å². The number of benzene rings is 1. The van der Waals surface area contributed by atoms with E-state index in [-0.39, 0.29) is 11.0 Å². The summed E-state index contributed by atoms with van der Waals surface area (Å²) < 4.78 is 23.9. The molecular formula is C16H26ClNO2S. The van der Waals surface area contributed by atoms with Gasteiger partial charge in [-0.15, -0.1) is 0 Å². The molecule has 1 aromatic carbocycles. The van der Waals surface area contributed by atoms with Crippen LogP contribution in [0, 0.1) is 5.92 Å². The molecule has 0 saturated carbocycles. The Labute approximate surface area is 134 Å². The molecule has 0 spiro atoms. The van der Waals surface area contributed by atoms with Gasteiger partial charge in [0.2, 0.25) is 0 Å². The third-order valence-corrected chi connectivity index (χ3v) is 6.14. The lowest BCUT2D eigenvalue weighted by atomic mass is 9.97. The summed E-state index contributed by atoms with van der Waals surface area (Å²) in [5, 5.41) is 3.75. The predicted molar refractivity (Wildman–Crippen MR) is 90.7 cm³/mol. The third kappa shape index (κ3) is 6.81. The molecule has 0 radical (unpaired) electrons. The molecule has 0 fully saturated rings. The van der Waals surface area contributed by atoms with Crippen LogP contribution in [0.15, 0.2) is 24.3 Å². The van der Waals surface area contributed by atoms with Gasteiger partial charge in [-0.2, -0.15) is 0 Å². The average molecular weight is 332 g/mol. The van der Waals surface area contributed by atoms with Gasteiger partial charge in [0, 0.05) is 5.02 Å². The number of rotatable bonds is 9. The standard InChI is InChI=1S/C16H26ClNO2S/c1-4-18-12-15(9-10-21(19,20)13(2)3)11-14-5-7-16(17)8-6-14/h5-8,13,15,18H,4,9-12H2,1-3H3. The minimum atomic E-state index is -2.97. The summed E-state index contributed by atoms with van der Waals surface area (Å²) in [7, 11) is -2.97. The van der Waals surface area contributed by atoms with Crippen molar-refractivity contribution in [3.63, 3.8) is 0 Å². The molecule has 3 nitrogen and oxygen atoms in total. The smallest absolute Gasteiger partial charge is 0.152 e. The van der Waals surface area contributed by atoms with Crippen molar-refractivity contribution in [2.45, 2.75) is 38.9 Å². The van der Waals surface area contributed by atoms with Crippen LogP contribution in [-0.4, -0.2) is 32.5 Å². The zero-order valence-corrected chi connectivity index (χ0v) is 14.7. The molecule has 0 saturated heterocycles. The first-order chi connectivity index (χ1) is 9.85. The van der Waals surface area contributed by atoms with Crippen molar-refractivity contribution in [3.05, 3.63) is 34.9 Å². The van der Waals surface area contributed by atoms with Crippen molar-refractivity contribution in [1.82, 2.24) is 5.32 Å². The van der Waals surface area contributed by atoms with Gasteiger partial charge in [-0.3, -0.25) is 0 Å². The lowest BCUT2D eigenvalue weighted by Gasteiger charge is -2.18. The molecule has 0 amide bonds. The van der Waals surface area contributed by atoms with Gasteiger partial charge in [-0.1, -0.05) is 30.7 Å². The molecule has 1 aromatic rings. The minimum absolute atomic E-state index is 0.258. The Bertz CT molecular complexity index is 512. The van der Waals surface area contributed by atoms with Crippen molar-refractivity contribution in [2.24, 2.45) is 5.92 Å². The molecule has 1 rings (SSSR count). The molecule has 120 valence electrons. The van der Waals surface area contributed by atoms with Crippen LogP contribution in [0.5, 0.6) is 0 Å². The summed E-state index contributed by atoms with van der Waals surface area (Å²) >= 11 is 5.90. The van der Waals surface area contributed by atoms with E-state index in [0.717, 1.165) is 24.5 Å². The summed E-state index contributed by atoms with van der Waals surface area (Å²) in [5.74, 6) is 0.577. The number of halogens is 1. The van der Waals surface area contributed by atoms with Gasteiger partial charge in [0.15, 0.2) is 9.84 Å². The Hall–Kier alpha value is -0.580. The Morgan fingerprint density at radius 3 is 2.33 bits per heavy atom. The van der Waals surface area contributed by atoms with Gasteiger partial charge in [-0.05, 0) is 63.4 Å². The molecule has 0 heterocycles. The molecule has 0 aromatic heterocycles. The summed E-state index contributed by atoms with van der Waals surface area (Å²) in [6.45, 7) is 7.28. The first-order valence-electron chi connectivity index (χ1n) is 7.52. The molecule has 0 bridgehead atoms. The van der Waals surface area contributed by atoms with Crippen LogP contribution in [0.1, 0.15) is 32.8 Å². The first-order valence-corrected chi connectivity index (χ1v) is 9.61. The molecule has 5 heteroatoms. The second-order valence-electron chi connectivity index (χ2n) is 5.71. The molecule has 21 heavy (non-hydrogen) atoms. The average Bonchev–Trinajstić information content (AvgIpc) is 2.44. The number of hydrogen-bond acceptors (Lipinski definition) is 3. The van der Waals surface area contributed by atoms with Crippen LogP contribution in [-0.2, 0) is 16.3 Å². The molecule has 1 atom stereocenters. The van der Waals surface area contributed by atoms with Gasteiger partial charge in [0.1, 0.15) is 0 Å². The molecule has 0 aliphatic carbocycles. The van der Waals surface area contributed by atoms with Gasteiger partial charge in [0.25, 0.3) is 0 Å². The van der Waals surface area contributed by atoms with Gasteiger partial charge in [-0.25, -0.2) is 8.42 Å². The van der Waals surface area contributed by atoms with E-state index in [1.165, 1.54) is 5.56 Å². The first kappa shape index (κ1) is 18.5. The highest BCUT2D eigenvalue weighted by Crippen LogP contribution is 2.17. The number of hydrogen-bond donors (Lipinski definition) is 1. The minimum Gasteiger partial charge on any atom is -0.317 e. The summed E-state index contributed by atoms with van der Waals surface area (Å²) in [4.78, 5) is 0. The molecule has 0 aliphatic heterocycles. The van der Waals surface area contributed by atoms with Crippen LogP contribution in [0.25, 0.3) is 0 Å². The van der Waals surface area contributed by atoms with Crippen molar-refractivity contribution in [2.75, 3.05) is 18.8 Å². The molecule has 1 unspecified atom stereocenters. The van der Waals surface area contributed by atoms with E-state index in [1.807, 2.05) is 24.3 Å². The topological polar surface area (TPSA) is 46.2 Å². The quantitative estimate of drug-likeness (QED) is 0.755. The predicted octanol–water partition coefficient (Wildman–Crippen LogP) is 3.32. The van der Waals surface area contributed by atoms with Crippen LogP contribution in [0.4, 0.5) is 0 Å². The summed E-state index contributed by atoms with van der Waals surface area (Å²) in [6.07, 6.45) is 1.56. The molecular weight excluding hydrogens is 306 g/mol. The maximum atomic E-state index is 12.0. The Morgan fingerprint density at radius 1 is 1.19 bits per heavy atom. The second-order valence-corrected chi connectivity index (χ2v) is 8.82. The third-order valence-electron chi connectivity index (χ3n) is 3.65. The van der Waals surface area contributed by atoms with Gasteiger partial charge < -0.3 is 5.32 Å². The van der Waals surface area contributed by atoms with Crippen LogP contribution < -0.4 is 5.32 Å². The lowest BCUT2D eigenvalue weighted by Crippen LogP contribution is -2.27. The van der Waals surface area contributed by atoms with Crippen LogP contribution >= 0.6 is 11.6 Å². The zero-order valence-electron chi connectivity index (χ0n) is 13.1. The van der Waals surface area contributed by atoms with Gasteiger partial charge >= 0.3 is 0 Å². The van der Waals surface area contributed by atoms with Crippen molar-refractivity contribution in [1.29, 1.82) is 0 Å². The van der Waals surface area contributed by atoms with Crippen LogP contribution in [0.2, 0.25) is 5.02 Å². The van der Waals surface area contributed by atoms with E-state index in [0.29, 0.717) is 12.3 Å². The zero-order chi connectivity index (χ0) is 15.9. The summed E-state index contributed by atoms with van der Waals surface area (Å²) in [6, 6.07) is 7.79. The Kier molecular flexibility index (Phi) is 7.71. The van der Waals surface area contributed by atoms with Crippen molar-refractivity contribution in [3.8, 4) is 0 Å². The second kappa shape index (κ2) is 8.76. The molecule has 0 aliphatic rings. The lowest BCUT2D eigenvalue weighted by molar-refractivity contribution is 0.464. The fourth-order valence-electron chi connectivity index (χ4n) is 2.15. The normalized spacial score (nSPS) is 13.6. The van der Waals surface area contributed by atoms with Crippen molar-refractivity contribution >= 4 is 21.4 Å². The van der Waals surface area contributed by atoms with E-state index in [1.54, 1.807) is 13.8 Å². The fourth-order valence-corrected chi connectivity index (χ4v) is 3.40. The Morgan fingerprint density at radius 2 is 1.81 bits per heavy atom. The van der Waals surface area contributed by atoms with E-state index in [2.05, 4.69) is 12.2 Å². The monoisotopic (exact) mass is 331 g/mol. The largest absolute Gasteiger partial charge is 0.317 e. The Balaban J connectivity index is 2.65. The maximum Gasteiger partial charge on any atom is 0.152 e. The highest BCUT2D eigenvalue weighted by Gasteiger charge is 2.19. The van der Waals surface area contributed by atoms with E-state index in [4.69, 9.17) is 11.6 Å². The summed E-state index contributed by atoms with van der Waals surface area (Å²) in [5.41, 5.74) is 1.20. The highest BCUT2D eigenvalue weighted by molar-refractivity contribution is 7.91. The van der Waals surface area contributed by atoms with E-state index >= 15 is 0 Å². The SMILES string of the molecule is CCNCC(CCS(=O)(=O)C(C)C)Cc1ccc(Cl)cc1. The number of sulfone groups is 1.